The molecule has 4 aromatic rings. The predicted octanol–water partition coefficient (Wildman–Crippen LogP) is 4.61. The van der Waals surface area contributed by atoms with Crippen LogP contribution in [0.2, 0.25) is 0 Å². The molecule has 0 fully saturated rings. The number of carbonyl (C=O) groups is 2. The highest BCUT2D eigenvalue weighted by atomic mass is 19.1. The van der Waals surface area contributed by atoms with Crippen molar-refractivity contribution in [3.8, 4) is 0 Å². The first-order valence-corrected chi connectivity index (χ1v) is 10.3. The lowest BCUT2D eigenvalue weighted by atomic mass is 10.1. The average molecular weight is 430 g/mol. The number of aromatic nitrogens is 2. The first-order chi connectivity index (χ1) is 15.4. The molecule has 0 aliphatic rings. The predicted molar refractivity (Wildman–Crippen MR) is 122 cm³/mol. The third-order valence-corrected chi connectivity index (χ3v) is 5.26. The minimum absolute atomic E-state index is 0.0746. The van der Waals surface area contributed by atoms with E-state index in [2.05, 4.69) is 15.6 Å². The maximum atomic E-state index is 13.9. The molecule has 1 aromatic heterocycles. The van der Waals surface area contributed by atoms with Crippen molar-refractivity contribution < 1.29 is 14.0 Å². The second kappa shape index (κ2) is 9.01. The summed E-state index contributed by atoms with van der Waals surface area (Å²) in [6.45, 7) is 3.62. The van der Waals surface area contributed by atoms with E-state index in [9.17, 15) is 14.0 Å². The van der Waals surface area contributed by atoms with Crippen molar-refractivity contribution in [1.29, 1.82) is 0 Å². The van der Waals surface area contributed by atoms with Crippen LogP contribution in [0.5, 0.6) is 0 Å². The minimum atomic E-state index is -0.504. The van der Waals surface area contributed by atoms with E-state index in [1.807, 2.05) is 56.3 Å². The maximum Gasteiger partial charge on any atom is 0.252 e. The van der Waals surface area contributed by atoms with Crippen LogP contribution < -0.4 is 10.6 Å². The van der Waals surface area contributed by atoms with E-state index in [4.69, 9.17) is 0 Å². The number of hydrogen-bond acceptors (Lipinski definition) is 3. The van der Waals surface area contributed by atoms with Gasteiger partial charge in [0.15, 0.2) is 0 Å². The molecule has 6 nitrogen and oxygen atoms in total. The van der Waals surface area contributed by atoms with Crippen molar-refractivity contribution >= 4 is 28.5 Å². The fraction of sp³-hybridized carbons (Fsp3) is 0.160. The van der Waals surface area contributed by atoms with E-state index in [1.165, 1.54) is 12.1 Å². The zero-order valence-electron chi connectivity index (χ0n) is 17.8. The first kappa shape index (κ1) is 21.2. The molecule has 2 amide bonds. The number of fused-ring (bicyclic) bond motifs is 1. The molecule has 0 radical (unpaired) electrons. The third-order valence-electron chi connectivity index (χ3n) is 5.26. The van der Waals surface area contributed by atoms with Crippen LogP contribution in [0.1, 0.15) is 34.7 Å². The van der Waals surface area contributed by atoms with E-state index in [1.54, 1.807) is 22.8 Å². The molecule has 3 aromatic carbocycles. The van der Waals surface area contributed by atoms with Gasteiger partial charge in [-0.3, -0.25) is 9.59 Å². The number of carbonyl (C=O) groups excluding carboxylic acids is 2. The lowest BCUT2D eigenvalue weighted by Gasteiger charge is -2.17. The van der Waals surface area contributed by atoms with Crippen molar-refractivity contribution in [2.45, 2.75) is 26.4 Å². The molecule has 0 saturated heterocycles. The van der Waals surface area contributed by atoms with Gasteiger partial charge in [0.1, 0.15) is 18.2 Å². The summed E-state index contributed by atoms with van der Waals surface area (Å²) in [5.41, 5.74) is 3.03. The molecule has 162 valence electrons. The fourth-order valence-corrected chi connectivity index (χ4v) is 3.65. The Hall–Kier alpha value is -4.00. The van der Waals surface area contributed by atoms with Gasteiger partial charge in [-0.05, 0) is 49.7 Å². The van der Waals surface area contributed by atoms with Crippen LogP contribution in [0.15, 0.2) is 72.8 Å². The first-order valence-electron chi connectivity index (χ1n) is 10.3. The Kier molecular flexibility index (Phi) is 5.98. The van der Waals surface area contributed by atoms with Crippen molar-refractivity contribution in [3.05, 3.63) is 95.6 Å². The van der Waals surface area contributed by atoms with Crippen LogP contribution in [0.3, 0.4) is 0 Å². The van der Waals surface area contributed by atoms with E-state index in [0.29, 0.717) is 16.9 Å². The zero-order chi connectivity index (χ0) is 22.7. The van der Waals surface area contributed by atoms with Crippen molar-refractivity contribution in [3.63, 3.8) is 0 Å². The monoisotopic (exact) mass is 430 g/mol. The van der Waals surface area contributed by atoms with Gasteiger partial charge in [-0.25, -0.2) is 9.37 Å². The van der Waals surface area contributed by atoms with Gasteiger partial charge < -0.3 is 15.2 Å². The number of nitrogens with zero attached hydrogens (tertiary/aromatic N) is 2. The third kappa shape index (κ3) is 4.37. The quantitative estimate of drug-likeness (QED) is 0.469. The summed E-state index contributed by atoms with van der Waals surface area (Å²) in [5, 5.41) is 5.58. The van der Waals surface area contributed by atoms with Gasteiger partial charge in [-0.2, -0.15) is 0 Å². The molecule has 0 aliphatic carbocycles. The SMILES string of the molecule is Cc1ccccc1C(=O)NC(C)c1nc2ccccc2n1CC(=O)Nc1ccccc1F. The van der Waals surface area contributed by atoms with Crippen molar-refractivity contribution in [1.82, 2.24) is 14.9 Å². The normalized spacial score (nSPS) is 11.8. The number of anilines is 1. The van der Waals surface area contributed by atoms with Crippen LogP contribution in [-0.2, 0) is 11.3 Å². The molecule has 7 heteroatoms. The topological polar surface area (TPSA) is 76.0 Å². The average Bonchev–Trinajstić information content (AvgIpc) is 3.14. The Morgan fingerprint density at radius 2 is 1.69 bits per heavy atom. The molecule has 1 heterocycles. The van der Waals surface area contributed by atoms with Crippen LogP contribution in [0.25, 0.3) is 11.0 Å². The van der Waals surface area contributed by atoms with Crippen molar-refractivity contribution in [2.75, 3.05) is 5.32 Å². The van der Waals surface area contributed by atoms with E-state index in [0.717, 1.165) is 11.1 Å². The number of imidazole rings is 1. The van der Waals surface area contributed by atoms with Crippen LogP contribution in [0, 0.1) is 12.7 Å². The lowest BCUT2D eigenvalue weighted by Crippen LogP contribution is -2.30. The number of amides is 2. The Labute approximate surface area is 185 Å². The maximum absolute atomic E-state index is 13.9. The lowest BCUT2D eigenvalue weighted by molar-refractivity contribution is -0.116. The number of para-hydroxylation sites is 3. The Morgan fingerprint density at radius 3 is 2.47 bits per heavy atom. The molecular weight excluding hydrogens is 407 g/mol. The summed E-state index contributed by atoms with van der Waals surface area (Å²) in [4.78, 5) is 30.2. The standard InChI is InChI=1S/C25H23FN4O2/c1-16-9-3-4-10-18(16)25(32)27-17(2)24-29-21-13-7-8-14-22(21)30(24)15-23(31)28-20-12-6-5-11-19(20)26/h3-14,17H,15H2,1-2H3,(H,27,32)(H,28,31). The summed E-state index contributed by atoms with van der Waals surface area (Å²) in [6, 6.07) is 20.3. The van der Waals surface area contributed by atoms with E-state index < -0.39 is 17.8 Å². The summed E-state index contributed by atoms with van der Waals surface area (Å²) < 4.78 is 15.7. The molecule has 2 N–H and O–H groups in total. The number of nitrogens with one attached hydrogen (secondary N) is 2. The molecule has 0 bridgehead atoms. The smallest absolute Gasteiger partial charge is 0.252 e. The number of hydrogen-bond donors (Lipinski definition) is 2. The van der Waals surface area contributed by atoms with Gasteiger partial charge in [-0.1, -0.05) is 42.5 Å². The van der Waals surface area contributed by atoms with Gasteiger partial charge in [0.05, 0.1) is 22.8 Å². The highest BCUT2D eigenvalue weighted by molar-refractivity contribution is 5.96. The van der Waals surface area contributed by atoms with Gasteiger partial charge in [0.25, 0.3) is 5.91 Å². The molecule has 0 saturated carbocycles. The Bertz CT molecular complexity index is 1300. The van der Waals surface area contributed by atoms with Gasteiger partial charge in [-0.15, -0.1) is 0 Å². The summed E-state index contributed by atoms with van der Waals surface area (Å²) in [5.74, 6) is -0.575. The van der Waals surface area contributed by atoms with Crippen LogP contribution in [0.4, 0.5) is 10.1 Å². The van der Waals surface area contributed by atoms with Crippen LogP contribution in [-0.4, -0.2) is 21.4 Å². The molecule has 0 aliphatic heterocycles. The zero-order valence-corrected chi connectivity index (χ0v) is 17.8. The van der Waals surface area contributed by atoms with Gasteiger partial charge in [0, 0.05) is 5.56 Å². The summed E-state index contributed by atoms with van der Waals surface area (Å²) in [6.07, 6.45) is 0. The summed E-state index contributed by atoms with van der Waals surface area (Å²) >= 11 is 0. The minimum Gasteiger partial charge on any atom is -0.342 e. The number of aryl methyl sites for hydroxylation is 1. The molecule has 1 atom stereocenters. The Balaban J connectivity index is 1.61. The van der Waals surface area contributed by atoms with Gasteiger partial charge in [0.2, 0.25) is 5.91 Å². The summed E-state index contributed by atoms with van der Waals surface area (Å²) in [7, 11) is 0. The van der Waals surface area contributed by atoms with Gasteiger partial charge >= 0.3 is 0 Å². The fourth-order valence-electron chi connectivity index (χ4n) is 3.65. The van der Waals surface area contributed by atoms with E-state index >= 15 is 0 Å². The second-order valence-corrected chi connectivity index (χ2v) is 7.58. The largest absolute Gasteiger partial charge is 0.342 e. The molecular formula is C25H23FN4O2. The molecule has 32 heavy (non-hydrogen) atoms. The second-order valence-electron chi connectivity index (χ2n) is 7.58. The number of rotatable bonds is 6. The number of benzene rings is 3. The highest BCUT2D eigenvalue weighted by Gasteiger charge is 2.21. The molecule has 0 spiro atoms. The van der Waals surface area contributed by atoms with E-state index in [-0.39, 0.29) is 18.1 Å². The Morgan fingerprint density at radius 1 is 1.00 bits per heavy atom. The van der Waals surface area contributed by atoms with Crippen molar-refractivity contribution in [2.24, 2.45) is 0 Å². The molecule has 4 rings (SSSR count). The molecule has 1 unspecified atom stereocenters. The highest BCUT2D eigenvalue weighted by Crippen LogP contribution is 2.22. The van der Waals surface area contributed by atoms with Crippen LogP contribution >= 0.6 is 0 Å². The number of halogens is 1.